The Kier molecular flexibility index (Phi) is 4.24. The van der Waals surface area contributed by atoms with Crippen LogP contribution in [0.25, 0.3) is 0 Å². The molecule has 2 rings (SSSR count). The van der Waals surface area contributed by atoms with Gasteiger partial charge in [-0.05, 0) is 36.2 Å². The number of aliphatic hydroxyl groups is 2. The van der Waals surface area contributed by atoms with Gasteiger partial charge < -0.3 is 14.9 Å². The minimum atomic E-state index is -1.30. The van der Waals surface area contributed by atoms with Gasteiger partial charge in [0, 0.05) is 12.3 Å². The van der Waals surface area contributed by atoms with Crippen LogP contribution in [0.15, 0.2) is 11.6 Å². The van der Waals surface area contributed by atoms with Gasteiger partial charge in [0.1, 0.15) is 12.2 Å². The van der Waals surface area contributed by atoms with Gasteiger partial charge in [0.05, 0.1) is 6.61 Å². The lowest BCUT2D eigenvalue weighted by Gasteiger charge is -2.60. The van der Waals surface area contributed by atoms with Gasteiger partial charge in [-0.2, -0.15) is 0 Å². The molecule has 0 amide bonds. The first-order valence-corrected chi connectivity index (χ1v) is 7.83. The number of fused-ring (bicyclic) bond motifs is 1. The molecule has 0 heterocycles. The van der Waals surface area contributed by atoms with E-state index in [2.05, 4.69) is 20.8 Å². The van der Waals surface area contributed by atoms with Crippen LogP contribution in [0.1, 0.15) is 53.4 Å². The van der Waals surface area contributed by atoms with Crippen molar-refractivity contribution in [3.8, 4) is 0 Å². The average Bonchev–Trinajstić information content (AvgIpc) is 2.38. The van der Waals surface area contributed by atoms with Crippen LogP contribution >= 0.6 is 0 Å². The van der Waals surface area contributed by atoms with Crippen molar-refractivity contribution >= 4 is 5.97 Å². The Hall–Kier alpha value is -0.870. The van der Waals surface area contributed by atoms with Crippen LogP contribution in [0.4, 0.5) is 0 Å². The van der Waals surface area contributed by atoms with Crippen molar-refractivity contribution in [2.24, 2.45) is 16.7 Å². The van der Waals surface area contributed by atoms with Crippen LogP contribution in [0, 0.1) is 16.7 Å². The fourth-order valence-electron chi connectivity index (χ4n) is 4.63. The van der Waals surface area contributed by atoms with Crippen molar-refractivity contribution in [1.29, 1.82) is 0 Å². The molecule has 4 heteroatoms. The minimum Gasteiger partial charge on any atom is -0.461 e. The van der Waals surface area contributed by atoms with Gasteiger partial charge in [0.25, 0.3) is 0 Å². The number of rotatable bonds is 3. The third-order valence-corrected chi connectivity index (χ3v) is 5.97. The third kappa shape index (κ3) is 2.53. The first-order valence-electron chi connectivity index (χ1n) is 7.83. The number of allylic oxidation sites excluding steroid dienone is 1. The van der Waals surface area contributed by atoms with Gasteiger partial charge >= 0.3 is 5.97 Å². The number of hydrogen-bond acceptors (Lipinski definition) is 4. The summed E-state index contributed by atoms with van der Waals surface area (Å²) >= 11 is 0. The zero-order valence-electron chi connectivity index (χ0n) is 13.6. The molecule has 0 radical (unpaired) electrons. The van der Waals surface area contributed by atoms with E-state index < -0.39 is 5.60 Å². The lowest BCUT2D eigenvalue weighted by molar-refractivity contribution is -0.167. The van der Waals surface area contributed by atoms with Crippen LogP contribution in [0.2, 0.25) is 0 Å². The smallest absolute Gasteiger partial charge is 0.302 e. The summed E-state index contributed by atoms with van der Waals surface area (Å²) in [5.74, 6) is -0.0515. The molecule has 0 spiro atoms. The zero-order valence-corrected chi connectivity index (χ0v) is 13.6. The summed E-state index contributed by atoms with van der Waals surface area (Å²) in [6.07, 6.45) is 5.90. The second-order valence-electron chi connectivity index (χ2n) is 7.58. The van der Waals surface area contributed by atoms with E-state index in [1.165, 1.54) is 6.92 Å². The van der Waals surface area contributed by atoms with E-state index in [1.807, 2.05) is 6.08 Å². The normalized spacial score (nSPS) is 38.4. The third-order valence-electron chi connectivity index (χ3n) is 5.97. The van der Waals surface area contributed by atoms with E-state index in [0.29, 0.717) is 11.5 Å². The highest BCUT2D eigenvalue weighted by molar-refractivity contribution is 5.66. The standard InChI is InChI=1S/C17H28O4/c1-12(19)21-10-13-6-7-14-15(2,3)8-5-9-16(14,4)17(13,20)11-18/h6,14,18,20H,5,7-11H2,1-4H3/t14?,16-,17+/m0/s1. The second-order valence-corrected chi connectivity index (χ2v) is 7.58. The summed E-state index contributed by atoms with van der Waals surface area (Å²) in [5.41, 5.74) is -0.896. The van der Waals surface area contributed by atoms with Crippen LogP contribution in [-0.4, -0.2) is 35.0 Å². The molecule has 120 valence electrons. The van der Waals surface area contributed by atoms with Crippen molar-refractivity contribution < 1.29 is 19.7 Å². The molecule has 4 nitrogen and oxygen atoms in total. The Balaban J connectivity index is 2.39. The molecule has 0 aromatic heterocycles. The van der Waals surface area contributed by atoms with Gasteiger partial charge in [-0.3, -0.25) is 4.79 Å². The molecule has 1 fully saturated rings. The minimum absolute atomic E-state index is 0.0646. The van der Waals surface area contributed by atoms with Crippen LogP contribution in [-0.2, 0) is 9.53 Å². The van der Waals surface area contributed by atoms with Crippen molar-refractivity contribution in [1.82, 2.24) is 0 Å². The Morgan fingerprint density at radius 2 is 2.05 bits per heavy atom. The van der Waals surface area contributed by atoms with Gasteiger partial charge in [0.2, 0.25) is 0 Å². The summed E-state index contributed by atoms with van der Waals surface area (Å²) in [4.78, 5) is 11.1. The molecule has 0 aromatic carbocycles. The van der Waals surface area contributed by atoms with E-state index in [4.69, 9.17) is 4.74 Å². The predicted octanol–water partition coefficient (Wildman–Crippen LogP) is 2.44. The highest BCUT2D eigenvalue weighted by Gasteiger charge is 2.59. The second kappa shape index (κ2) is 5.40. The summed E-state index contributed by atoms with van der Waals surface area (Å²) < 4.78 is 5.08. The molecule has 2 N–H and O–H groups in total. The molecular formula is C17H28O4. The zero-order chi connectivity index (χ0) is 15.9. The number of esters is 1. The summed E-state index contributed by atoms with van der Waals surface area (Å²) in [5, 5.41) is 21.2. The molecule has 1 unspecified atom stereocenters. The lowest BCUT2D eigenvalue weighted by atomic mass is 9.47. The summed E-state index contributed by atoms with van der Waals surface area (Å²) in [6.45, 7) is 7.67. The average molecular weight is 296 g/mol. The maximum atomic E-state index is 11.2. The summed E-state index contributed by atoms with van der Waals surface area (Å²) in [6, 6.07) is 0. The first-order chi connectivity index (χ1) is 9.67. The van der Waals surface area contributed by atoms with Crippen molar-refractivity contribution in [3.63, 3.8) is 0 Å². The highest BCUT2D eigenvalue weighted by Crippen LogP contribution is 2.60. The fraction of sp³-hybridized carbons (Fsp3) is 0.824. The van der Waals surface area contributed by atoms with Gasteiger partial charge in [-0.15, -0.1) is 0 Å². The van der Waals surface area contributed by atoms with E-state index >= 15 is 0 Å². The van der Waals surface area contributed by atoms with Crippen molar-refractivity contribution in [2.75, 3.05) is 13.2 Å². The van der Waals surface area contributed by atoms with Gasteiger partial charge in [0.15, 0.2) is 0 Å². The summed E-state index contributed by atoms with van der Waals surface area (Å²) in [7, 11) is 0. The Morgan fingerprint density at radius 1 is 1.38 bits per heavy atom. The maximum absolute atomic E-state index is 11.2. The molecule has 3 atom stereocenters. The number of carbonyl (C=O) groups is 1. The molecule has 0 aliphatic heterocycles. The van der Waals surface area contributed by atoms with Crippen molar-refractivity contribution in [2.45, 2.75) is 59.0 Å². The number of hydrogen-bond donors (Lipinski definition) is 2. The van der Waals surface area contributed by atoms with Crippen LogP contribution in [0.5, 0.6) is 0 Å². The topological polar surface area (TPSA) is 66.8 Å². The molecule has 21 heavy (non-hydrogen) atoms. The van der Waals surface area contributed by atoms with Crippen LogP contribution in [0.3, 0.4) is 0 Å². The molecule has 2 aliphatic carbocycles. The fourth-order valence-corrected chi connectivity index (χ4v) is 4.63. The Labute approximate surface area is 127 Å². The number of carbonyl (C=O) groups excluding carboxylic acids is 1. The molecule has 1 saturated carbocycles. The Bertz CT molecular complexity index is 454. The predicted molar refractivity (Wildman–Crippen MR) is 80.6 cm³/mol. The molecule has 0 bridgehead atoms. The van der Waals surface area contributed by atoms with E-state index in [-0.39, 0.29) is 30.0 Å². The SMILES string of the molecule is CC(=O)OCC1=CCC2C(C)(C)CCC[C@]2(C)[C@@]1(O)CO. The van der Waals surface area contributed by atoms with Crippen LogP contribution < -0.4 is 0 Å². The maximum Gasteiger partial charge on any atom is 0.302 e. The molecule has 0 saturated heterocycles. The monoisotopic (exact) mass is 296 g/mol. The molecule has 0 aromatic rings. The lowest BCUT2D eigenvalue weighted by Crippen LogP contribution is -2.61. The largest absolute Gasteiger partial charge is 0.461 e. The van der Waals surface area contributed by atoms with Gasteiger partial charge in [-0.1, -0.05) is 33.3 Å². The molecule has 2 aliphatic rings. The Morgan fingerprint density at radius 3 is 2.62 bits per heavy atom. The van der Waals surface area contributed by atoms with E-state index in [0.717, 1.165) is 25.7 Å². The molecular weight excluding hydrogens is 268 g/mol. The highest BCUT2D eigenvalue weighted by atomic mass is 16.5. The number of ether oxygens (including phenoxy) is 1. The number of aliphatic hydroxyl groups excluding tert-OH is 1. The first kappa shape index (κ1) is 16.5. The van der Waals surface area contributed by atoms with Crippen molar-refractivity contribution in [3.05, 3.63) is 11.6 Å². The van der Waals surface area contributed by atoms with E-state index in [9.17, 15) is 15.0 Å². The van der Waals surface area contributed by atoms with Gasteiger partial charge in [-0.25, -0.2) is 0 Å². The quantitative estimate of drug-likeness (QED) is 0.620. The van der Waals surface area contributed by atoms with E-state index in [1.54, 1.807) is 0 Å².